The summed E-state index contributed by atoms with van der Waals surface area (Å²) in [6.45, 7) is 5.41. The number of hydrogen-bond acceptors (Lipinski definition) is 4. The van der Waals surface area contributed by atoms with Crippen LogP contribution in [-0.2, 0) is 16.1 Å². The minimum Gasteiger partial charge on any atom is -0.366 e. The van der Waals surface area contributed by atoms with E-state index < -0.39 is 0 Å². The van der Waals surface area contributed by atoms with Gasteiger partial charge in [0.1, 0.15) is 6.10 Å². The average molecular weight is 343 g/mol. The highest BCUT2D eigenvalue weighted by Crippen LogP contribution is 2.27. The van der Waals surface area contributed by atoms with E-state index >= 15 is 0 Å². The number of fused-ring (bicyclic) bond motifs is 1. The lowest BCUT2D eigenvalue weighted by Crippen LogP contribution is -2.54. The minimum absolute atomic E-state index is 0.0789. The predicted molar refractivity (Wildman–Crippen MR) is 97.2 cm³/mol. The van der Waals surface area contributed by atoms with Crippen LogP contribution in [0, 0.1) is 0 Å². The molecular formula is C20H29N3O2. The summed E-state index contributed by atoms with van der Waals surface area (Å²) in [5.74, 6) is 0.0789. The number of rotatable bonds is 4. The Morgan fingerprint density at radius 2 is 2.00 bits per heavy atom. The normalized spacial score (nSPS) is 30.8. The monoisotopic (exact) mass is 343 g/mol. The SMILES string of the molecule is O=C(NC1CCN2CCCCC12)C1CN(Cc2ccccc2)CCO1. The summed E-state index contributed by atoms with van der Waals surface area (Å²) in [7, 11) is 0. The highest BCUT2D eigenvalue weighted by Gasteiger charge is 2.38. The van der Waals surface area contributed by atoms with E-state index in [2.05, 4.69) is 39.4 Å². The van der Waals surface area contributed by atoms with Crippen LogP contribution in [0.3, 0.4) is 0 Å². The van der Waals surface area contributed by atoms with Crippen molar-refractivity contribution in [2.24, 2.45) is 0 Å². The number of piperidine rings is 1. The molecule has 0 aromatic heterocycles. The van der Waals surface area contributed by atoms with Crippen molar-refractivity contribution in [3.63, 3.8) is 0 Å². The molecule has 3 atom stereocenters. The summed E-state index contributed by atoms with van der Waals surface area (Å²) in [5.41, 5.74) is 1.29. The standard InChI is InChI=1S/C20H29N3O2/c24-20(21-17-9-11-23-10-5-4-8-18(17)23)19-15-22(12-13-25-19)14-16-6-2-1-3-7-16/h1-3,6-7,17-19H,4-5,8-15H2,(H,21,24). The molecule has 0 radical (unpaired) electrons. The van der Waals surface area contributed by atoms with Crippen molar-refractivity contribution in [2.45, 2.75) is 50.4 Å². The molecule has 1 N–H and O–H groups in total. The van der Waals surface area contributed by atoms with Gasteiger partial charge in [0, 0.05) is 38.3 Å². The Labute approximate surface area is 150 Å². The second-order valence-electron chi connectivity index (χ2n) is 7.58. The zero-order valence-corrected chi connectivity index (χ0v) is 14.9. The van der Waals surface area contributed by atoms with Crippen LogP contribution >= 0.6 is 0 Å². The molecule has 5 heteroatoms. The number of hydrogen-bond donors (Lipinski definition) is 1. The molecule has 0 bridgehead atoms. The van der Waals surface area contributed by atoms with Crippen LogP contribution in [0.2, 0.25) is 0 Å². The van der Waals surface area contributed by atoms with Crippen LogP contribution in [0.4, 0.5) is 0 Å². The molecule has 1 aromatic rings. The van der Waals surface area contributed by atoms with E-state index in [-0.39, 0.29) is 12.0 Å². The number of benzene rings is 1. The van der Waals surface area contributed by atoms with Gasteiger partial charge < -0.3 is 10.1 Å². The van der Waals surface area contributed by atoms with Gasteiger partial charge in [-0.3, -0.25) is 14.6 Å². The van der Waals surface area contributed by atoms with E-state index in [1.54, 1.807) is 0 Å². The number of amides is 1. The Hall–Kier alpha value is -1.43. The van der Waals surface area contributed by atoms with Crippen LogP contribution in [0.1, 0.15) is 31.2 Å². The lowest BCUT2D eigenvalue weighted by atomic mass is 9.99. The predicted octanol–water partition coefficient (Wildman–Crippen LogP) is 1.63. The van der Waals surface area contributed by atoms with Gasteiger partial charge in [0.05, 0.1) is 6.61 Å². The van der Waals surface area contributed by atoms with Gasteiger partial charge in [-0.25, -0.2) is 0 Å². The molecule has 1 aromatic carbocycles. The topological polar surface area (TPSA) is 44.8 Å². The van der Waals surface area contributed by atoms with Crippen molar-refractivity contribution in [3.05, 3.63) is 35.9 Å². The Balaban J connectivity index is 1.31. The van der Waals surface area contributed by atoms with Gasteiger partial charge >= 0.3 is 0 Å². The van der Waals surface area contributed by atoms with E-state index in [4.69, 9.17) is 4.74 Å². The van der Waals surface area contributed by atoms with Gasteiger partial charge in [0.2, 0.25) is 0 Å². The fourth-order valence-electron chi connectivity index (χ4n) is 4.54. The molecule has 5 nitrogen and oxygen atoms in total. The maximum Gasteiger partial charge on any atom is 0.250 e. The van der Waals surface area contributed by atoms with Crippen LogP contribution in [0.25, 0.3) is 0 Å². The molecule has 3 aliphatic heterocycles. The van der Waals surface area contributed by atoms with E-state index in [9.17, 15) is 4.79 Å². The first-order valence-corrected chi connectivity index (χ1v) is 9.72. The lowest BCUT2D eigenvalue weighted by Gasteiger charge is -2.35. The fourth-order valence-corrected chi connectivity index (χ4v) is 4.54. The third-order valence-corrected chi connectivity index (χ3v) is 5.88. The number of ether oxygens (including phenoxy) is 1. The van der Waals surface area contributed by atoms with Crippen molar-refractivity contribution < 1.29 is 9.53 Å². The molecular weight excluding hydrogens is 314 g/mol. The molecule has 3 fully saturated rings. The molecule has 3 heterocycles. The van der Waals surface area contributed by atoms with E-state index in [1.165, 1.54) is 31.4 Å². The molecule has 3 aliphatic rings. The third kappa shape index (κ3) is 4.05. The Morgan fingerprint density at radius 1 is 1.12 bits per heavy atom. The summed E-state index contributed by atoms with van der Waals surface area (Å²) in [5, 5.41) is 3.30. The fraction of sp³-hybridized carbons (Fsp3) is 0.650. The zero-order valence-electron chi connectivity index (χ0n) is 14.9. The summed E-state index contributed by atoms with van der Waals surface area (Å²) in [6, 6.07) is 11.3. The van der Waals surface area contributed by atoms with Crippen molar-refractivity contribution in [3.8, 4) is 0 Å². The maximum absolute atomic E-state index is 12.7. The van der Waals surface area contributed by atoms with Crippen molar-refractivity contribution >= 4 is 5.91 Å². The number of morpholine rings is 1. The van der Waals surface area contributed by atoms with E-state index in [0.717, 1.165) is 26.1 Å². The summed E-state index contributed by atoms with van der Waals surface area (Å²) in [6.07, 6.45) is 4.55. The average Bonchev–Trinajstić information content (AvgIpc) is 3.06. The van der Waals surface area contributed by atoms with Gasteiger partial charge in [-0.2, -0.15) is 0 Å². The van der Waals surface area contributed by atoms with Gasteiger partial charge in [0.25, 0.3) is 5.91 Å². The highest BCUT2D eigenvalue weighted by molar-refractivity contribution is 5.81. The van der Waals surface area contributed by atoms with Crippen molar-refractivity contribution in [1.82, 2.24) is 15.1 Å². The van der Waals surface area contributed by atoms with Gasteiger partial charge in [-0.1, -0.05) is 36.8 Å². The number of nitrogens with one attached hydrogen (secondary N) is 1. The number of nitrogens with zero attached hydrogens (tertiary/aromatic N) is 2. The molecule has 3 saturated heterocycles. The summed E-state index contributed by atoms with van der Waals surface area (Å²) >= 11 is 0. The van der Waals surface area contributed by atoms with Crippen molar-refractivity contribution in [1.29, 1.82) is 0 Å². The molecule has 1 amide bonds. The molecule has 4 rings (SSSR count). The van der Waals surface area contributed by atoms with E-state index in [0.29, 0.717) is 25.2 Å². The van der Waals surface area contributed by atoms with Gasteiger partial charge in [0.15, 0.2) is 0 Å². The molecule has 136 valence electrons. The maximum atomic E-state index is 12.7. The zero-order chi connectivity index (χ0) is 17.1. The first-order valence-electron chi connectivity index (χ1n) is 9.72. The quantitative estimate of drug-likeness (QED) is 0.903. The molecule has 25 heavy (non-hydrogen) atoms. The van der Waals surface area contributed by atoms with Gasteiger partial charge in [-0.15, -0.1) is 0 Å². The van der Waals surface area contributed by atoms with Crippen LogP contribution in [-0.4, -0.2) is 66.7 Å². The van der Waals surface area contributed by atoms with E-state index in [1.807, 2.05) is 6.07 Å². The molecule has 3 unspecified atom stereocenters. The molecule has 0 spiro atoms. The smallest absolute Gasteiger partial charge is 0.250 e. The Bertz CT molecular complexity index is 580. The van der Waals surface area contributed by atoms with Crippen LogP contribution in [0.15, 0.2) is 30.3 Å². The lowest BCUT2D eigenvalue weighted by molar-refractivity contribution is -0.139. The van der Waals surface area contributed by atoms with Crippen LogP contribution in [0.5, 0.6) is 0 Å². The highest BCUT2D eigenvalue weighted by atomic mass is 16.5. The largest absolute Gasteiger partial charge is 0.366 e. The first-order chi connectivity index (χ1) is 12.3. The Kier molecular flexibility index (Phi) is 5.34. The second-order valence-corrected chi connectivity index (χ2v) is 7.58. The Morgan fingerprint density at radius 3 is 2.88 bits per heavy atom. The third-order valence-electron chi connectivity index (χ3n) is 5.88. The number of carbonyl (C=O) groups is 1. The van der Waals surface area contributed by atoms with Crippen molar-refractivity contribution in [2.75, 3.05) is 32.8 Å². The minimum atomic E-state index is -0.338. The first kappa shape index (κ1) is 17.0. The summed E-state index contributed by atoms with van der Waals surface area (Å²) < 4.78 is 5.79. The van der Waals surface area contributed by atoms with Gasteiger partial charge in [-0.05, 0) is 31.4 Å². The second kappa shape index (κ2) is 7.85. The molecule has 0 saturated carbocycles. The number of carbonyl (C=O) groups excluding carboxylic acids is 1. The summed E-state index contributed by atoms with van der Waals surface area (Å²) in [4.78, 5) is 17.6. The van der Waals surface area contributed by atoms with Crippen LogP contribution < -0.4 is 5.32 Å². The molecule has 0 aliphatic carbocycles.